The van der Waals surface area contributed by atoms with Crippen molar-refractivity contribution in [1.29, 1.82) is 0 Å². The van der Waals surface area contributed by atoms with E-state index in [-0.39, 0.29) is 0 Å². The van der Waals surface area contributed by atoms with E-state index in [4.69, 9.17) is 15.0 Å². The third-order valence-corrected chi connectivity index (χ3v) is 5.37. The molecule has 0 aliphatic heterocycles. The van der Waals surface area contributed by atoms with E-state index in [0.29, 0.717) is 0 Å². The lowest BCUT2D eigenvalue weighted by Crippen LogP contribution is -1.95. The fraction of sp³-hybridized carbons (Fsp3) is 0.296. The maximum absolute atomic E-state index is 4.80. The summed E-state index contributed by atoms with van der Waals surface area (Å²) in [5.41, 5.74) is 8.91. The van der Waals surface area contributed by atoms with Gasteiger partial charge in [0, 0.05) is 0 Å². The smallest absolute Gasteiger partial charge is 0.0820 e. The van der Waals surface area contributed by atoms with Crippen molar-refractivity contribution < 1.29 is 0 Å². The van der Waals surface area contributed by atoms with Gasteiger partial charge < -0.3 is 0 Å². The molecule has 0 amide bonds. The summed E-state index contributed by atoms with van der Waals surface area (Å²) in [6.07, 6.45) is 7.61. The minimum absolute atomic E-state index is 0.839. The van der Waals surface area contributed by atoms with Crippen LogP contribution in [0, 0.1) is 0 Å². The van der Waals surface area contributed by atoms with E-state index in [1.807, 2.05) is 30.6 Å². The zero-order chi connectivity index (χ0) is 21.3. The lowest BCUT2D eigenvalue weighted by Gasteiger charge is -2.08. The molecule has 0 N–H and O–H groups in total. The molecular formula is C27H31N3. The second-order valence-electron chi connectivity index (χ2n) is 7.27. The van der Waals surface area contributed by atoms with Gasteiger partial charge in [-0.25, -0.2) is 4.98 Å². The van der Waals surface area contributed by atoms with Gasteiger partial charge in [-0.05, 0) is 60.1 Å². The van der Waals surface area contributed by atoms with Crippen molar-refractivity contribution in [2.75, 3.05) is 0 Å². The first-order chi connectivity index (χ1) is 14.7. The van der Waals surface area contributed by atoms with E-state index >= 15 is 0 Å². The highest BCUT2D eigenvalue weighted by atomic mass is 14.8. The molecule has 0 bridgehead atoms. The predicted octanol–water partition coefficient (Wildman–Crippen LogP) is 6.83. The highest BCUT2D eigenvalue weighted by molar-refractivity contribution is 5.85. The molecule has 3 rings (SSSR count). The molecule has 0 spiro atoms. The fourth-order valence-corrected chi connectivity index (χ4v) is 3.64. The topological polar surface area (TPSA) is 37.6 Å². The number of aryl methyl sites for hydroxylation is 4. The number of nitrogens with zero attached hydrogens (tertiary/aromatic N) is 3. The van der Waals surface area contributed by atoms with E-state index < -0.39 is 0 Å². The molecular weight excluding hydrogens is 366 g/mol. The van der Waals surface area contributed by atoms with Crippen molar-refractivity contribution in [3.63, 3.8) is 0 Å². The van der Waals surface area contributed by atoms with Gasteiger partial charge in [-0.2, -0.15) is 0 Å². The van der Waals surface area contributed by atoms with Crippen LogP contribution in [0.4, 0.5) is 11.4 Å². The van der Waals surface area contributed by atoms with Gasteiger partial charge in [0.1, 0.15) is 0 Å². The van der Waals surface area contributed by atoms with Crippen LogP contribution in [0.5, 0.6) is 0 Å². The minimum Gasteiger partial charge on any atom is -0.254 e. The second kappa shape index (κ2) is 10.6. The quantitative estimate of drug-likeness (QED) is 0.384. The van der Waals surface area contributed by atoms with Crippen LogP contribution in [0.25, 0.3) is 0 Å². The number of rotatable bonds is 8. The summed E-state index contributed by atoms with van der Waals surface area (Å²) in [6, 6.07) is 18.8. The minimum atomic E-state index is 0.839. The molecule has 3 nitrogen and oxygen atoms in total. The Morgan fingerprint density at radius 3 is 1.23 bits per heavy atom. The fourth-order valence-electron chi connectivity index (χ4n) is 3.64. The highest BCUT2D eigenvalue weighted by Crippen LogP contribution is 2.26. The van der Waals surface area contributed by atoms with Crippen LogP contribution in [0.3, 0.4) is 0 Å². The van der Waals surface area contributed by atoms with Gasteiger partial charge in [-0.3, -0.25) is 9.98 Å². The summed E-state index contributed by atoms with van der Waals surface area (Å²) in [5.74, 6) is 0. The molecule has 0 radical (unpaired) electrons. The molecule has 0 aliphatic carbocycles. The maximum atomic E-state index is 4.80. The Labute approximate surface area is 180 Å². The average Bonchev–Trinajstić information content (AvgIpc) is 2.80. The second-order valence-corrected chi connectivity index (χ2v) is 7.27. The molecule has 0 fully saturated rings. The Kier molecular flexibility index (Phi) is 7.67. The third-order valence-electron chi connectivity index (χ3n) is 5.37. The first-order valence-electron chi connectivity index (χ1n) is 11.0. The van der Waals surface area contributed by atoms with E-state index in [1.54, 1.807) is 0 Å². The molecule has 0 saturated carbocycles. The van der Waals surface area contributed by atoms with Gasteiger partial charge in [0.2, 0.25) is 0 Å². The molecule has 154 valence electrons. The van der Waals surface area contributed by atoms with Crippen molar-refractivity contribution in [2.45, 2.75) is 53.4 Å². The van der Waals surface area contributed by atoms with Crippen LogP contribution in [0.2, 0.25) is 0 Å². The molecule has 3 heteroatoms. The molecule has 1 heterocycles. The average molecular weight is 398 g/mol. The zero-order valence-electron chi connectivity index (χ0n) is 18.5. The number of aliphatic imine (C=N–C) groups is 2. The number of aromatic nitrogens is 1. The maximum Gasteiger partial charge on any atom is 0.0820 e. The molecule has 0 aliphatic rings. The predicted molar refractivity (Wildman–Crippen MR) is 129 cm³/mol. The van der Waals surface area contributed by atoms with Crippen molar-refractivity contribution in [3.05, 3.63) is 88.2 Å². The number of hydrogen-bond donors (Lipinski definition) is 0. The van der Waals surface area contributed by atoms with Gasteiger partial charge in [-0.1, -0.05) is 70.2 Å². The normalized spacial score (nSPS) is 11.6. The first-order valence-corrected chi connectivity index (χ1v) is 11.0. The summed E-state index contributed by atoms with van der Waals surface area (Å²) < 4.78 is 0. The zero-order valence-corrected chi connectivity index (χ0v) is 18.5. The Balaban J connectivity index is 1.88. The van der Waals surface area contributed by atoms with Crippen LogP contribution in [-0.4, -0.2) is 17.4 Å². The van der Waals surface area contributed by atoms with E-state index in [2.05, 4.69) is 64.1 Å². The van der Waals surface area contributed by atoms with Crippen LogP contribution in [0.15, 0.2) is 64.6 Å². The van der Waals surface area contributed by atoms with Gasteiger partial charge in [0.05, 0.1) is 35.2 Å². The molecule has 30 heavy (non-hydrogen) atoms. The SMILES string of the molecule is CCc1cccc(CC)c1N=Cc1cccc(C=Nc2c(CC)cccc2CC)n1. The van der Waals surface area contributed by atoms with Gasteiger partial charge in [0.25, 0.3) is 0 Å². The first kappa shape index (κ1) is 21.6. The third kappa shape index (κ3) is 5.10. The number of pyridine rings is 1. The summed E-state index contributed by atoms with van der Waals surface area (Å²) in [6.45, 7) is 8.67. The number of hydrogen-bond acceptors (Lipinski definition) is 3. The highest BCUT2D eigenvalue weighted by Gasteiger charge is 2.06. The van der Waals surface area contributed by atoms with Crippen molar-refractivity contribution in [3.8, 4) is 0 Å². The summed E-state index contributed by atoms with van der Waals surface area (Å²) >= 11 is 0. The molecule has 2 aromatic carbocycles. The van der Waals surface area contributed by atoms with E-state index in [0.717, 1.165) is 48.4 Å². The van der Waals surface area contributed by atoms with Crippen molar-refractivity contribution in [2.24, 2.45) is 9.98 Å². The summed E-state index contributed by atoms with van der Waals surface area (Å²) in [7, 11) is 0. The van der Waals surface area contributed by atoms with Gasteiger partial charge in [-0.15, -0.1) is 0 Å². The van der Waals surface area contributed by atoms with Gasteiger partial charge >= 0.3 is 0 Å². The molecule has 0 saturated heterocycles. The Bertz CT molecular complexity index is 922. The molecule has 0 unspecified atom stereocenters. The van der Waals surface area contributed by atoms with Crippen molar-refractivity contribution in [1.82, 2.24) is 4.98 Å². The van der Waals surface area contributed by atoms with E-state index in [1.165, 1.54) is 22.3 Å². The van der Waals surface area contributed by atoms with Crippen LogP contribution in [0.1, 0.15) is 61.3 Å². The lowest BCUT2D eigenvalue weighted by atomic mass is 10.0. The summed E-state index contributed by atoms with van der Waals surface area (Å²) in [4.78, 5) is 14.3. The number of para-hydroxylation sites is 2. The van der Waals surface area contributed by atoms with Crippen LogP contribution < -0.4 is 0 Å². The molecule has 3 aromatic rings. The van der Waals surface area contributed by atoms with E-state index in [9.17, 15) is 0 Å². The molecule has 1 aromatic heterocycles. The number of benzene rings is 2. The summed E-state index contributed by atoms with van der Waals surface area (Å²) in [5, 5.41) is 0. The standard InChI is InChI=1S/C27H31N3/c1-5-20-12-9-13-21(6-2)26(20)28-18-24-16-11-17-25(30-24)19-29-27-22(7-3)14-10-15-23(27)8-4/h9-19H,5-8H2,1-4H3. The monoisotopic (exact) mass is 397 g/mol. The van der Waals surface area contributed by atoms with Crippen LogP contribution in [-0.2, 0) is 25.7 Å². The Morgan fingerprint density at radius 1 is 0.567 bits per heavy atom. The Hall–Kier alpha value is -3.07. The largest absolute Gasteiger partial charge is 0.254 e. The van der Waals surface area contributed by atoms with Gasteiger partial charge in [0.15, 0.2) is 0 Å². The van der Waals surface area contributed by atoms with Crippen molar-refractivity contribution >= 4 is 23.8 Å². The molecule has 0 atom stereocenters. The van der Waals surface area contributed by atoms with Crippen LogP contribution >= 0.6 is 0 Å². The lowest BCUT2D eigenvalue weighted by molar-refractivity contribution is 1.08. The Morgan fingerprint density at radius 2 is 0.900 bits per heavy atom.